The molecule has 158 valence electrons. The van der Waals surface area contributed by atoms with Gasteiger partial charge in [0, 0.05) is 11.6 Å². The Morgan fingerprint density at radius 1 is 1.17 bits per heavy atom. The van der Waals surface area contributed by atoms with E-state index in [4.69, 9.17) is 33.0 Å². The summed E-state index contributed by atoms with van der Waals surface area (Å²) in [5, 5.41) is 8.78. The van der Waals surface area contributed by atoms with Crippen LogP contribution in [0.1, 0.15) is 15.9 Å². The lowest BCUT2D eigenvalue weighted by Crippen LogP contribution is -3.00. The van der Waals surface area contributed by atoms with Crippen molar-refractivity contribution >= 4 is 67.4 Å². The summed E-state index contributed by atoms with van der Waals surface area (Å²) in [7, 11) is 3.30. The third-order valence-corrected chi connectivity index (χ3v) is 8.63. The Morgan fingerprint density at radius 2 is 1.93 bits per heavy atom. The number of thioether (sulfide) groups is 1. The zero-order chi connectivity index (χ0) is 21.0. The van der Waals surface area contributed by atoms with Gasteiger partial charge in [-0.05, 0) is 24.6 Å². The maximum atomic E-state index is 12.6. The van der Waals surface area contributed by atoms with Gasteiger partial charge in [-0.1, -0.05) is 64.8 Å². The molecule has 0 aliphatic carbocycles. The van der Waals surface area contributed by atoms with Gasteiger partial charge in [0.2, 0.25) is 0 Å². The van der Waals surface area contributed by atoms with Gasteiger partial charge in [-0.25, -0.2) is 4.79 Å². The lowest BCUT2D eigenvalue weighted by molar-refractivity contribution is -0.139. The number of carboxylic acid groups (broad SMARTS) is 1. The van der Waals surface area contributed by atoms with Crippen molar-refractivity contribution in [1.29, 1.82) is 0 Å². The quantitative estimate of drug-likeness (QED) is 0.195. The number of rotatable bonds is 8. The Balaban J connectivity index is 0.00000320. The highest BCUT2D eigenvalue weighted by molar-refractivity contribution is 8.03. The van der Waals surface area contributed by atoms with Gasteiger partial charge < -0.3 is 26.8 Å². The van der Waals surface area contributed by atoms with E-state index in [9.17, 15) is 9.59 Å². The van der Waals surface area contributed by atoms with Crippen LogP contribution in [0.5, 0.6) is 5.75 Å². The molecule has 0 aliphatic rings. The van der Waals surface area contributed by atoms with E-state index in [0.29, 0.717) is 0 Å². The van der Waals surface area contributed by atoms with Crippen molar-refractivity contribution in [2.75, 3.05) is 12.4 Å². The molecule has 0 unspecified atom stereocenters. The molecule has 0 saturated heterocycles. The van der Waals surface area contributed by atoms with Gasteiger partial charge in [-0.15, -0.1) is 0 Å². The predicted molar refractivity (Wildman–Crippen MR) is 121 cm³/mol. The first-order valence-electron chi connectivity index (χ1n) is 8.34. The fraction of sp³-hybridized carbons (Fsp3) is 0.150. The number of carboxylic acids is 1. The molecule has 0 fully saturated rings. The number of benzene rings is 2. The maximum absolute atomic E-state index is 12.6. The number of carbonyl (C=O) groups excluding carboxylic acids is 1. The highest BCUT2D eigenvalue weighted by Gasteiger charge is 2.21. The fourth-order valence-electron chi connectivity index (χ4n) is 2.45. The van der Waals surface area contributed by atoms with E-state index in [-0.39, 0.29) is 49.9 Å². The zero-order valence-electron chi connectivity index (χ0n) is 15.5. The number of ketones is 1. The average Bonchev–Trinajstić information content (AvgIpc) is 3.16. The number of halogens is 3. The largest absolute Gasteiger partial charge is 1.00 e. The van der Waals surface area contributed by atoms with Gasteiger partial charge in [-0.2, -0.15) is 0 Å². The van der Waals surface area contributed by atoms with E-state index < -0.39 is 12.6 Å². The summed E-state index contributed by atoms with van der Waals surface area (Å²) in [5.41, 5.74) is 2.65. The monoisotopic (exact) mass is 564 g/mol. The standard InChI is InChI=1S/C20H14Cl2O4S3.BrH/c1-11-3-2-4-12(7-11)16-8-18(29-28-16)27-10-14(23)13-5-6-15(20(22)19(13)21)26-9-17(24)25;/h2-8H,9-10H2,1H3;1H. The zero-order valence-corrected chi connectivity index (χ0v) is 21.0. The second-order valence-electron chi connectivity index (χ2n) is 6.00. The molecule has 30 heavy (non-hydrogen) atoms. The molecule has 0 spiro atoms. The summed E-state index contributed by atoms with van der Waals surface area (Å²) in [6.07, 6.45) is 0. The van der Waals surface area contributed by atoms with Crippen molar-refractivity contribution < 1.29 is 36.4 Å². The number of hydrogen-bond acceptors (Lipinski definition) is 5. The molecular formula is C20H15BrCl2O4S3. The van der Waals surface area contributed by atoms with Gasteiger partial charge in [0.15, 0.2) is 22.7 Å². The van der Waals surface area contributed by atoms with Crippen molar-refractivity contribution in [3.8, 4) is 16.2 Å². The SMILES string of the molecule is Cc1cccc(-c2cc(SCC(=O)c3ccc(OCC(=O)O)c(Cl)c3Cl)[s+]s2)c1.[Br-]. The second-order valence-corrected chi connectivity index (χ2v) is 10.2. The third-order valence-electron chi connectivity index (χ3n) is 3.81. The van der Waals surface area contributed by atoms with E-state index in [1.54, 1.807) is 20.7 Å². The van der Waals surface area contributed by atoms with E-state index in [2.05, 4.69) is 31.2 Å². The molecule has 0 amide bonds. The minimum Gasteiger partial charge on any atom is -1.00 e. The van der Waals surface area contributed by atoms with Crippen LogP contribution in [0.2, 0.25) is 10.0 Å². The highest BCUT2D eigenvalue weighted by atomic mass is 79.9. The second kappa shape index (κ2) is 11.5. The first-order valence-corrected chi connectivity index (χ1v) is 12.2. The molecule has 0 aliphatic heterocycles. The van der Waals surface area contributed by atoms with E-state index in [0.717, 1.165) is 14.6 Å². The predicted octanol–water partition coefficient (Wildman–Crippen LogP) is 3.82. The molecule has 3 aromatic rings. The molecule has 4 nitrogen and oxygen atoms in total. The molecular weight excluding hydrogens is 551 g/mol. The molecule has 0 bridgehead atoms. The molecule has 2 aromatic carbocycles. The highest BCUT2D eigenvalue weighted by Crippen LogP contribution is 2.39. The number of aliphatic carboxylic acids is 1. The fourth-order valence-corrected chi connectivity index (χ4v) is 6.64. The van der Waals surface area contributed by atoms with Gasteiger partial charge in [0.25, 0.3) is 4.21 Å². The van der Waals surface area contributed by atoms with Gasteiger partial charge in [0.05, 0.1) is 15.7 Å². The Kier molecular flexibility index (Phi) is 9.59. The summed E-state index contributed by atoms with van der Waals surface area (Å²) < 4.78 is 6.11. The Labute approximate surface area is 206 Å². The number of aryl methyl sites for hydroxylation is 1. The van der Waals surface area contributed by atoms with Crippen LogP contribution in [0.15, 0.2) is 46.7 Å². The summed E-state index contributed by atoms with van der Waals surface area (Å²) in [6.45, 7) is 1.52. The van der Waals surface area contributed by atoms with Crippen molar-refractivity contribution in [3.63, 3.8) is 0 Å². The van der Waals surface area contributed by atoms with Gasteiger partial charge >= 0.3 is 16.3 Å². The lowest BCUT2D eigenvalue weighted by Gasteiger charge is -2.09. The Morgan fingerprint density at radius 3 is 2.63 bits per heavy atom. The van der Waals surface area contributed by atoms with Crippen LogP contribution in [0.3, 0.4) is 0 Å². The third kappa shape index (κ3) is 6.42. The van der Waals surface area contributed by atoms with Crippen molar-refractivity contribution in [3.05, 3.63) is 63.6 Å². The van der Waals surface area contributed by atoms with Crippen molar-refractivity contribution in [2.45, 2.75) is 11.1 Å². The minimum atomic E-state index is -1.13. The van der Waals surface area contributed by atoms with Crippen LogP contribution in [0.25, 0.3) is 10.4 Å². The molecule has 0 atom stereocenters. The number of hydrogen-bond donors (Lipinski definition) is 1. The van der Waals surface area contributed by atoms with Crippen LogP contribution in [-0.2, 0) is 4.79 Å². The average molecular weight is 566 g/mol. The summed E-state index contributed by atoms with van der Waals surface area (Å²) in [4.78, 5) is 24.4. The number of Topliss-reactive ketones (excluding diaryl/α,β-unsaturated/α-hetero) is 1. The summed E-state index contributed by atoms with van der Waals surface area (Å²) in [6, 6.07) is 13.3. The molecule has 1 heterocycles. The lowest BCUT2D eigenvalue weighted by atomic mass is 10.1. The smallest absolute Gasteiger partial charge is 0.341 e. The van der Waals surface area contributed by atoms with Gasteiger partial charge in [0.1, 0.15) is 10.8 Å². The first-order chi connectivity index (χ1) is 13.8. The topological polar surface area (TPSA) is 63.6 Å². The summed E-state index contributed by atoms with van der Waals surface area (Å²) in [5.74, 6) is -0.949. The first kappa shape index (κ1) is 25.1. The Bertz CT molecular complexity index is 1070. The van der Waals surface area contributed by atoms with E-state index in [1.807, 2.05) is 6.07 Å². The van der Waals surface area contributed by atoms with Crippen LogP contribution >= 0.6 is 55.6 Å². The van der Waals surface area contributed by atoms with Crippen molar-refractivity contribution in [1.82, 2.24) is 0 Å². The minimum absolute atomic E-state index is 0. The van der Waals surface area contributed by atoms with E-state index >= 15 is 0 Å². The van der Waals surface area contributed by atoms with Crippen LogP contribution in [0, 0.1) is 6.92 Å². The maximum Gasteiger partial charge on any atom is 0.341 e. The molecule has 0 radical (unpaired) electrons. The molecule has 3 rings (SSSR count). The molecule has 0 saturated carbocycles. The Hall–Kier alpha value is -1.16. The van der Waals surface area contributed by atoms with Crippen LogP contribution in [-0.4, -0.2) is 29.2 Å². The number of carbonyl (C=O) groups is 2. The summed E-state index contributed by atoms with van der Waals surface area (Å²) >= 11 is 13.8. The molecule has 1 aromatic heterocycles. The van der Waals surface area contributed by atoms with E-state index in [1.165, 1.54) is 29.5 Å². The molecule has 1 N–H and O–H groups in total. The normalized spacial score (nSPS) is 10.4. The van der Waals surface area contributed by atoms with Gasteiger partial charge in [-0.3, -0.25) is 4.79 Å². The van der Waals surface area contributed by atoms with Crippen LogP contribution < -0.4 is 21.7 Å². The number of ether oxygens (including phenoxy) is 1. The van der Waals surface area contributed by atoms with Crippen LogP contribution in [0.4, 0.5) is 0 Å². The van der Waals surface area contributed by atoms with Crippen molar-refractivity contribution in [2.24, 2.45) is 0 Å². The molecule has 10 heteroatoms.